The Kier molecular flexibility index (Phi) is 23.0. The van der Waals surface area contributed by atoms with E-state index >= 15 is 0 Å². The van der Waals surface area contributed by atoms with Gasteiger partial charge in [0.1, 0.15) is 30.3 Å². The third-order valence-corrected chi connectivity index (χ3v) is 23.3. The molecule has 0 saturated carbocycles. The average Bonchev–Trinajstić information content (AvgIpc) is 1.43. The van der Waals surface area contributed by atoms with Gasteiger partial charge in [0.15, 0.2) is 29.5 Å². The van der Waals surface area contributed by atoms with Crippen LogP contribution < -0.4 is 27.4 Å². The largest absolute Gasteiger partial charge is 0.294 e. The van der Waals surface area contributed by atoms with Crippen LogP contribution in [-0.2, 0) is 42.3 Å². The fraction of sp³-hybridized carbons (Fsp3) is 0.235. The Morgan fingerprint density at radius 1 is 0.298 bits per heavy atom. The van der Waals surface area contributed by atoms with Crippen molar-refractivity contribution in [3.63, 3.8) is 0 Å². The molecule has 0 fully saturated rings. The zero-order valence-corrected chi connectivity index (χ0v) is 71.6. The minimum atomic E-state index is 1.20. The van der Waals surface area contributed by atoms with E-state index in [2.05, 4.69) is 478 Å². The van der Waals surface area contributed by atoms with Crippen LogP contribution in [0.3, 0.4) is 0 Å². The second-order valence-electron chi connectivity index (χ2n) is 31.8. The van der Waals surface area contributed by atoms with E-state index in [1.807, 2.05) is 0 Å². The summed E-state index contributed by atoms with van der Waals surface area (Å²) in [6, 6.07) is 63.2. The zero-order valence-electron chi connectivity index (χ0n) is 71.6. The number of hydrogen-bond donors (Lipinski definition) is 0. The van der Waals surface area contributed by atoms with Crippen LogP contribution >= 0.6 is 0 Å². The number of pyridine rings is 5. The minimum absolute atomic E-state index is 1.20. The third kappa shape index (κ3) is 16.0. The molecule has 12 nitrogen and oxygen atoms in total. The molecule has 12 heterocycles. The summed E-state index contributed by atoms with van der Waals surface area (Å²) in [5, 5.41) is 0. The molecule has 0 bridgehead atoms. The Hall–Kier alpha value is -12.5. The van der Waals surface area contributed by atoms with Gasteiger partial charge in [-0.25, -0.2) is 40.4 Å². The van der Waals surface area contributed by atoms with Gasteiger partial charge < -0.3 is 0 Å². The van der Waals surface area contributed by atoms with Gasteiger partial charge in [0.2, 0.25) is 12.0 Å². The first-order chi connectivity index (χ1) is 54.5. The van der Waals surface area contributed by atoms with Gasteiger partial charge in [-0.2, -0.15) is 4.40 Å². The highest BCUT2D eigenvalue weighted by Crippen LogP contribution is 2.35. The van der Waals surface area contributed by atoms with E-state index in [0.717, 1.165) is 0 Å². The molecule has 0 saturated heterocycles. The fourth-order valence-electron chi connectivity index (χ4n) is 16.6. The first-order valence-electron chi connectivity index (χ1n) is 39.7. The monoisotopic (exact) mass is 1510 g/mol. The topological polar surface area (TPSA) is 50.5 Å². The molecule has 18 rings (SSSR count). The van der Waals surface area contributed by atoms with Crippen molar-refractivity contribution in [2.75, 3.05) is 0 Å². The molecule has 0 aliphatic rings. The first kappa shape index (κ1) is 79.5. The maximum Gasteiger partial charge on any atom is 0.294 e. The number of benzene rings is 6. The van der Waals surface area contributed by atoms with E-state index in [4.69, 9.17) is 0 Å². The van der Waals surface area contributed by atoms with Crippen LogP contribution in [0.25, 0.3) is 101 Å². The van der Waals surface area contributed by atoms with Gasteiger partial charge in [-0.3, -0.25) is 0 Å². The highest BCUT2D eigenvalue weighted by atomic mass is 15.3. The molecule has 12 aromatic heterocycles. The van der Waals surface area contributed by atoms with Crippen LogP contribution in [0.2, 0.25) is 0 Å². The summed E-state index contributed by atoms with van der Waals surface area (Å²) in [7, 11) is 12.6. The quantitative estimate of drug-likeness (QED) is 0.149. The van der Waals surface area contributed by atoms with Gasteiger partial charge in [0.05, 0.1) is 107 Å². The van der Waals surface area contributed by atoms with Crippen molar-refractivity contribution in [3.8, 4) is 67.4 Å². The number of aryl methyl sites for hydroxylation is 18. The van der Waals surface area contributed by atoms with Crippen LogP contribution in [0, 0.1) is 125 Å². The van der Waals surface area contributed by atoms with Crippen LogP contribution in [0.1, 0.15) is 100 Å². The smallest absolute Gasteiger partial charge is 0.236 e. The van der Waals surface area contributed by atoms with E-state index in [9.17, 15) is 0 Å². The summed E-state index contributed by atoms with van der Waals surface area (Å²) in [6.07, 6.45) is 27.5. The van der Waals surface area contributed by atoms with E-state index in [-0.39, 0.29) is 0 Å². The molecule has 0 atom stereocenters. The molecule has 0 N–H and O–H groups in total. The van der Waals surface area contributed by atoms with Gasteiger partial charge in [-0.05, 0) is 293 Å². The Morgan fingerprint density at radius 3 is 1.35 bits per heavy atom. The lowest BCUT2D eigenvalue weighted by molar-refractivity contribution is -0.727. The Bertz CT molecular complexity index is 6380. The number of nitrogens with zero attached hydrogens (tertiary/aromatic N) is 12. The van der Waals surface area contributed by atoms with Crippen LogP contribution in [0.15, 0.2) is 257 Å². The number of hydrogen-bond acceptors (Lipinski definition) is 0. The normalized spacial score (nSPS) is 11.2. The second kappa shape index (κ2) is 33.0. The highest BCUT2D eigenvalue weighted by molar-refractivity contribution is 5.82. The number of rotatable bonds is 6. The predicted molar refractivity (Wildman–Crippen MR) is 469 cm³/mol. The van der Waals surface area contributed by atoms with E-state index in [1.54, 1.807) is 0 Å². The van der Waals surface area contributed by atoms with E-state index in [1.165, 1.54) is 201 Å². The molecule has 576 valence electrons. The number of fused-ring (bicyclic) bond motifs is 6. The fourth-order valence-corrected chi connectivity index (χ4v) is 16.6. The molecular weight excluding hydrogens is 1390 g/mol. The van der Waals surface area contributed by atoms with Gasteiger partial charge in [-0.1, -0.05) is 101 Å². The van der Waals surface area contributed by atoms with Crippen molar-refractivity contribution in [3.05, 3.63) is 357 Å². The van der Waals surface area contributed by atoms with Gasteiger partial charge in [0.25, 0.3) is 22.8 Å². The molecule has 114 heavy (non-hydrogen) atoms. The molecule has 0 unspecified atom stereocenters. The maximum absolute atomic E-state index is 2.28. The SMILES string of the molecule is Cc1cc(C)c(C)c(-c2c3ccccn3c[n+]2C)c1.Cc1cc(C)c(C)c(-c2c[n+]3ccccc3n2C)c1.Cc1cc(C)c(C)c(-c2cc3ccccn3[n+]2C)c1.Cc1cc(C)c(C)c(-c2cccn3cc[n+](C)c23)c1.Cc1cc(C)c(C)c(-c2ccn3ccc[n+](C)c23)c1.Cc1cc(C)c(C)c(-c2n3ccccc3c[n+]2C)c1. The van der Waals surface area contributed by atoms with Crippen LogP contribution in [0.4, 0.5) is 0 Å². The zero-order chi connectivity index (χ0) is 81.4. The third-order valence-electron chi connectivity index (χ3n) is 23.3. The standard InChI is InChI=1S/6C17H19N2/c1-12-10-13(2)14(3)16(11-12)15-6-9-19-8-5-7-18(4)17(15)19;1-12-10-13(2)14(3)16(11-12)15-6-5-7-19-9-8-18(4)17(15)19;1-12-9-13(2)14(3)15(10-12)16-11-19-8-6-5-7-17(19)18(16)4;1-12-9-13(2)14(3)15(10-12)17-16-7-5-6-8-19(16)11-18(17)4;1-12-9-13(2)14(3)16(10-12)17-18(4)11-15-7-5-6-8-19(15)17;1-12-9-13(2)14(3)16(10-12)17-11-15-7-5-6-8-19(15)18(17)4/h6*5-11H,1-4H3/q6*+1. The Morgan fingerprint density at radius 2 is 0.754 bits per heavy atom. The Balaban J connectivity index is 0.000000119. The molecule has 0 aliphatic heterocycles. The second-order valence-corrected chi connectivity index (χ2v) is 31.8. The molecule has 0 radical (unpaired) electrons. The lowest BCUT2D eigenvalue weighted by atomic mass is 9.95. The summed E-state index contributed by atoms with van der Waals surface area (Å²) in [5.74, 6) is 1.24. The van der Waals surface area contributed by atoms with Crippen molar-refractivity contribution in [1.82, 2.24) is 26.7 Å². The lowest BCUT2D eigenvalue weighted by Crippen LogP contribution is -2.36. The van der Waals surface area contributed by atoms with Crippen LogP contribution in [-0.4, -0.2) is 26.7 Å². The summed E-state index contributed by atoms with van der Waals surface area (Å²) in [6.45, 7) is 39.3. The van der Waals surface area contributed by atoms with Crippen molar-refractivity contribution in [1.29, 1.82) is 0 Å². The molecular formula is C102H114N12+6. The molecule has 0 spiro atoms. The summed E-state index contributed by atoms with van der Waals surface area (Å²) in [4.78, 5) is 0. The summed E-state index contributed by atoms with van der Waals surface area (Å²) in [5.41, 5.74) is 45.8. The summed E-state index contributed by atoms with van der Waals surface area (Å²) < 4.78 is 26.3. The number of aromatic nitrogens is 12. The molecule has 0 amide bonds. The van der Waals surface area contributed by atoms with Gasteiger partial charge in [-0.15, -0.1) is 9.20 Å². The van der Waals surface area contributed by atoms with E-state index < -0.39 is 0 Å². The predicted octanol–water partition coefficient (Wildman–Crippen LogP) is 20.1. The van der Waals surface area contributed by atoms with Crippen molar-refractivity contribution >= 4 is 33.5 Å². The van der Waals surface area contributed by atoms with E-state index in [0.29, 0.717) is 0 Å². The Labute approximate surface area is 674 Å². The average molecular weight is 1510 g/mol. The number of imidazole rings is 4. The minimum Gasteiger partial charge on any atom is -0.236 e. The first-order valence-corrected chi connectivity index (χ1v) is 39.7. The van der Waals surface area contributed by atoms with Crippen LogP contribution in [0.5, 0.6) is 0 Å². The summed E-state index contributed by atoms with van der Waals surface area (Å²) >= 11 is 0. The molecule has 12 heteroatoms. The molecule has 18 aromatic rings. The van der Waals surface area contributed by atoms with Gasteiger partial charge >= 0.3 is 0 Å². The van der Waals surface area contributed by atoms with Gasteiger partial charge in [0, 0.05) is 29.3 Å². The lowest BCUT2D eigenvalue weighted by Gasteiger charge is -2.10. The van der Waals surface area contributed by atoms with Crippen molar-refractivity contribution in [2.24, 2.45) is 42.3 Å². The molecule has 0 aliphatic carbocycles. The van der Waals surface area contributed by atoms with Crippen molar-refractivity contribution in [2.45, 2.75) is 125 Å². The molecule has 6 aromatic carbocycles. The van der Waals surface area contributed by atoms with Crippen molar-refractivity contribution < 1.29 is 27.4 Å². The highest BCUT2D eigenvalue weighted by Gasteiger charge is 2.25. The maximum atomic E-state index is 2.28.